The van der Waals surface area contributed by atoms with Gasteiger partial charge in [0.1, 0.15) is 0 Å². The number of rotatable bonds is 2. The average molecular weight is 348 g/mol. The fourth-order valence-corrected chi connectivity index (χ4v) is 4.05. The number of benzene rings is 2. The summed E-state index contributed by atoms with van der Waals surface area (Å²) in [5.74, 6) is 1.58. The number of methoxy groups -OCH3 is 2. The highest BCUT2D eigenvalue weighted by atomic mass is 16.5. The molecule has 0 saturated carbocycles. The topological polar surface area (TPSA) is 22.3 Å². The van der Waals surface area contributed by atoms with Crippen molar-refractivity contribution < 1.29 is 14.0 Å². The Bertz CT molecular complexity index is 999. The molecule has 0 aliphatic carbocycles. The summed E-state index contributed by atoms with van der Waals surface area (Å²) >= 11 is 0. The van der Waals surface area contributed by atoms with Crippen molar-refractivity contribution in [2.24, 2.45) is 0 Å². The summed E-state index contributed by atoms with van der Waals surface area (Å²) < 4.78 is 13.6. The molecule has 0 radical (unpaired) electrons. The highest BCUT2D eigenvalue weighted by molar-refractivity contribution is 5.94. The van der Waals surface area contributed by atoms with Crippen molar-refractivity contribution in [2.75, 3.05) is 14.2 Å². The number of pyridine rings is 1. The van der Waals surface area contributed by atoms with Crippen LogP contribution in [0.4, 0.5) is 0 Å². The fraction of sp³-hybridized carbons (Fsp3) is 0.348. The molecule has 0 saturated heterocycles. The molecule has 26 heavy (non-hydrogen) atoms. The monoisotopic (exact) mass is 348 g/mol. The van der Waals surface area contributed by atoms with Crippen LogP contribution in [0.3, 0.4) is 0 Å². The Kier molecular flexibility index (Phi) is 3.91. The number of hydrogen-bond donors (Lipinski definition) is 0. The van der Waals surface area contributed by atoms with Gasteiger partial charge in [-0.25, -0.2) is 0 Å². The fourth-order valence-electron chi connectivity index (χ4n) is 4.05. The number of aryl methyl sites for hydroxylation is 1. The van der Waals surface area contributed by atoms with Crippen LogP contribution in [0.2, 0.25) is 0 Å². The number of fused-ring (bicyclic) bond motifs is 5. The number of ether oxygens (including phenoxy) is 2. The Hall–Kier alpha value is -2.55. The van der Waals surface area contributed by atoms with E-state index in [1.165, 1.54) is 33.3 Å². The molecular weight excluding hydrogens is 322 g/mol. The molecule has 1 aliphatic heterocycles. The van der Waals surface area contributed by atoms with E-state index in [-0.39, 0.29) is 5.41 Å². The van der Waals surface area contributed by atoms with E-state index in [9.17, 15) is 0 Å². The van der Waals surface area contributed by atoms with Crippen molar-refractivity contribution in [3.63, 3.8) is 0 Å². The molecule has 0 unspecified atom stereocenters. The molecule has 0 atom stereocenters. The molecule has 2 aromatic carbocycles. The van der Waals surface area contributed by atoms with Gasteiger partial charge in [-0.05, 0) is 29.1 Å². The van der Waals surface area contributed by atoms with E-state index in [0.717, 1.165) is 24.5 Å². The van der Waals surface area contributed by atoms with Gasteiger partial charge in [0.2, 0.25) is 5.69 Å². The Morgan fingerprint density at radius 3 is 2.31 bits per heavy atom. The molecule has 0 N–H and O–H groups in total. The maximum atomic E-state index is 5.59. The molecule has 1 aliphatic rings. The smallest absolute Gasteiger partial charge is 0.221 e. The second-order valence-corrected chi connectivity index (χ2v) is 7.98. The summed E-state index contributed by atoms with van der Waals surface area (Å²) in [6.07, 6.45) is 0.995. The van der Waals surface area contributed by atoms with Gasteiger partial charge in [-0.1, -0.05) is 39.0 Å². The van der Waals surface area contributed by atoms with Crippen LogP contribution in [0.1, 0.15) is 32.0 Å². The second kappa shape index (κ2) is 6.01. The molecule has 0 bridgehead atoms. The van der Waals surface area contributed by atoms with Crippen LogP contribution >= 0.6 is 0 Å². The molecule has 1 aromatic heterocycles. The lowest BCUT2D eigenvalue weighted by molar-refractivity contribution is -0.696. The van der Waals surface area contributed by atoms with Crippen molar-refractivity contribution in [2.45, 2.75) is 39.2 Å². The van der Waals surface area contributed by atoms with E-state index < -0.39 is 0 Å². The molecular formula is C23H26NO2+. The number of hydrogen-bond acceptors (Lipinski definition) is 2. The van der Waals surface area contributed by atoms with Crippen molar-refractivity contribution in [3.8, 4) is 22.8 Å². The Balaban J connectivity index is 2.11. The third kappa shape index (κ3) is 2.54. The maximum Gasteiger partial charge on any atom is 0.221 e. The largest absolute Gasteiger partial charge is 0.493 e. The predicted molar refractivity (Wildman–Crippen MR) is 105 cm³/mol. The summed E-state index contributed by atoms with van der Waals surface area (Å²) in [6.45, 7) is 7.84. The highest BCUT2D eigenvalue weighted by Crippen LogP contribution is 2.40. The van der Waals surface area contributed by atoms with Gasteiger partial charge in [0.15, 0.2) is 23.7 Å². The Morgan fingerprint density at radius 2 is 1.62 bits per heavy atom. The average Bonchev–Trinajstić information content (AvgIpc) is 2.64. The van der Waals surface area contributed by atoms with Gasteiger partial charge >= 0.3 is 0 Å². The molecule has 0 amide bonds. The van der Waals surface area contributed by atoms with Crippen LogP contribution < -0.4 is 14.0 Å². The highest BCUT2D eigenvalue weighted by Gasteiger charge is 2.34. The minimum absolute atomic E-state index is 0.0762. The van der Waals surface area contributed by atoms with Crippen molar-refractivity contribution in [3.05, 3.63) is 53.7 Å². The van der Waals surface area contributed by atoms with Crippen LogP contribution in [0.5, 0.6) is 11.5 Å². The summed E-state index contributed by atoms with van der Waals surface area (Å²) in [7, 11) is 3.40. The van der Waals surface area contributed by atoms with Gasteiger partial charge in [0.05, 0.1) is 25.2 Å². The first-order chi connectivity index (χ1) is 12.4. The zero-order valence-corrected chi connectivity index (χ0v) is 16.2. The van der Waals surface area contributed by atoms with Crippen molar-refractivity contribution in [1.82, 2.24) is 0 Å². The van der Waals surface area contributed by atoms with Crippen molar-refractivity contribution in [1.29, 1.82) is 0 Å². The minimum Gasteiger partial charge on any atom is -0.493 e. The summed E-state index contributed by atoms with van der Waals surface area (Å²) in [5, 5.41) is 2.57. The standard InChI is InChI=1S/C23H26NO2/c1-23(2,3)21-13-15-8-6-7-9-17(15)22-18-14-20(26-5)19(25-4)12-16(18)10-11-24(21)22/h6-9,12-14H,10-11H2,1-5H3/q+1. The van der Waals surface area contributed by atoms with E-state index in [1.807, 2.05) is 0 Å². The SMILES string of the molecule is COc1cc2c(cc1OC)-c1c3ccccc3cc(C(C)(C)C)[n+]1CC2. The van der Waals surface area contributed by atoms with Crippen LogP contribution in [-0.2, 0) is 18.4 Å². The third-order valence-corrected chi connectivity index (χ3v) is 5.31. The van der Waals surface area contributed by atoms with Gasteiger partial charge in [-0.15, -0.1) is 0 Å². The zero-order valence-electron chi connectivity index (χ0n) is 16.2. The van der Waals surface area contributed by atoms with Gasteiger partial charge in [0, 0.05) is 17.9 Å². The van der Waals surface area contributed by atoms with Crippen LogP contribution in [0.15, 0.2) is 42.5 Å². The molecule has 2 heterocycles. The van der Waals surface area contributed by atoms with Crippen molar-refractivity contribution >= 4 is 10.8 Å². The van der Waals surface area contributed by atoms with Gasteiger partial charge in [0.25, 0.3) is 0 Å². The van der Waals surface area contributed by atoms with Crippen LogP contribution in [0, 0.1) is 0 Å². The van der Waals surface area contributed by atoms with Crippen LogP contribution in [0.25, 0.3) is 22.0 Å². The Morgan fingerprint density at radius 1 is 0.923 bits per heavy atom. The van der Waals surface area contributed by atoms with Gasteiger partial charge in [-0.2, -0.15) is 4.57 Å². The summed E-state index contributed by atoms with van der Waals surface area (Å²) in [5.41, 5.74) is 5.30. The van der Waals surface area contributed by atoms with Gasteiger partial charge < -0.3 is 9.47 Å². The Labute approximate surface area is 155 Å². The first-order valence-electron chi connectivity index (χ1n) is 9.15. The molecule has 4 rings (SSSR count). The molecule has 3 heteroatoms. The molecule has 3 nitrogen and oxygen atoms in total. The van der Waals surface area contributed by atoms with E-state index in [0.29, 0.717) is 0 Å². The van der Waals surface area contributed by atoms with Gasteiger partial charge in [-0.3, -0.25) is 0 Å². The second-order valence-electron chi connectivity index (χ2n) is 7.98. The molecule has 0 spiro atoms. The minimum atomic E-state index is 0.0762. The van der Waals surface area contributed by atoms with E-state index in [4.69, 9.17) is 9.47 Å². The lowest BCUT2D eigenvalue weighted by Gasteiger charge is -2.25. The normalized spacial score (nSPS) is 13.3. The van der Waals surface area contributed by atoms with E-state index >= 15 is 0 Å². The quantitative estimate of drug-likeness (QED) is 0.628. The maximum absolute atomic E-state index is 5.59. The third-order valence-electron chi connectivity index (χ3n) is 5.31. The molecule has 134 valence electrons. The first kappa shape index (κ1) is 16.9. The molecule has 0 fully saturated rings. The van der Waals surface area contributed by atoms with Crippen LogP contribution in [-0.4, -0.2) is 14.2 Å². The molecule has 3 aromatic rings. The lowest BCUT2D eigenvalue weighted by atomic mass is 9.86. The number of nitrogens with zero attached hydrogens (tertiary/aromatic N) is 1. The summed E-state index contributed by atoms with van der Waals surface area (Å²) in [4.78, 5) is 0. The first-order valence-corrected chi connectivity index (χ1v) is 9.15. The number of aromatic nitrogens is 1. The predicted octanol–water partition coefficient (Wildman–Crippen LogP) is 4.67. The van der Waals surface area contributed by atoms with E-state index in [1.54, 1.807) is 14.2 Å². The lowest BCUT2D eigenvalue weighted by Crippen LogP contribution is -2.48. The zero-order chi connectivity index (χ0) is 18.5. The van der Waals surface area contributed by atoms with E-state index in [2.05, 4.69) is 67.8 Å². The summed E-state index contributed by atoms with van der Waals surface area (Å²) in [6, 6.07) is 15.3.